The van der Waals surface area contributed by atoms with E-state index in [9.17, 15) is 4.79 Å². The minimum atomic E-state index is -0.0426. The lowest BCUT2D eigenvalue weighted by molar-refractivity contribution is -0.922. The first kappa shape index (κ1) is 17.9. The summed E-state index contributed by atoms with van der Waals surface area (Å²) in [5.74, 6) is 1.21. The zero-order valence-corrected chi connectivity index (χ0v) is 15.4. The Morgan fingerprint density at radius 1 is 1.36 bits per heavy atom. The van der Waals surface area contributed by atoms with Crippen LogP contribution in [-0.4, -0.2) is 52.7 Å². The largest absolute Gasteiger partial charge is 0.370 e. The maximum atomic E-state index is 12.1. The highest BCUT2D eigenvalue weighted by Gasteiger charge is 2.19. The molecule has 1 fully saturated rings. The van der Waals surface area contributed by atoms with Crippen molar-refractivity contribution in [3.8, 4) is 0 Å². The number of rotatable bonds is 6. The summed E-state index contributed by atoms with van der Waals surface area (Å²) in [6.45, 7) is 6.43. The maximum Gasteiger partial charge on any atom is 0.234 e. The van der Waals surface area contributed by atoms with E-state index in [1.807, 2.05) is 42.8 Å². The van der Waals surface area contributed by atoms with Crippen LogP contribution in [0.4, 0.5) is 5.69 Å². The number of amides is 1. The second kappa shape index (κ2) is 8.46. The number of morpholine rings is 1. The van der Waals surface area contributed by atoms with E-state index in [-0.39, 0.29) is 5.91 Å². The van der Waals surface area contributed by atoms with Crippen molar-refractivity contribution >= 4 is 23.4 Å². The molecule has 0 spiro atoms. The standard InChI is InChI=1S/C17H23N5O2S/c1-13-4-3-5-14(10-13)18-16(23)12-25-17-20-19-15(21(17)2)11-22-6-8-24-9-7-22/h3-5,10H,6-9,11-12H2,1-2H3,(H,18,23)/p+1. The molecule has 8 heteroatoms. The monoisotopic (exact) mass is 362 g/mol. The molecule has 1 aliphatic rings. The summed E-state index contributed by atoms with van der Waals surface area (Å²) in [6.07, 6.45) is 0. The number of hydrogen-bond acceptors (Lipinski definition) is 5. The fourth-order valence-electron chi connectivity index (χ4n) is 2.74. The smallest absolute Gasteiger partial charge is 0.234 e. The van der Waals surface area contributed by atoms with E-state index in [4.69, 9.17) is 4.74 Å². The minimum Gasteiger partial charge on any atom is -0.370 e. The van der Waals surface area contributed by atoms with Gasteiger partial charge in [-0.3, -0.25) is 4.79 Å². The number of quaternary nitrogens is 1. The zero-order valence-electron chi connectivity index (χ0n) is 14.6. The molecule has 0 saturated carbocycles. The van der Waals surface area contributed by atoms with E-state index in [1.54, 1.807) is 0 Å². The average Bonchev–Trinajstić information content (AvgIpc) is 2.94. The first-order valence-corrected chi connectivity index (χ1v) is 9.39. The van der Waals surface area contributed by atoms with Gasteiger partial charge >= 0.3 is 0 Å². The van der Waals surface area contributed by atoms with Gasteiger partial charge in [-0.2, -0.15) is 0 Å². The van der Waals surface area contributed by atoms with Gasteiger partial charge in [-0.05, 0) is 24.6 Å². The molecule has 1 aromatic carbocycles. The van der Waals surface area contributed by atoms with Gasteiger partial charge in [0.05, 0.1) is 19.0 Å². The molecule has 134 valence electrons. The van der Waals surface area contributed by atoms with Crippen LogP contribution in [0.25, 0.3) is 0 Å². The molecule has 2 heterocycles. The Labute approximate surface area is 151 Å². The number of aromatic nitrogens is 3. The molecule has 0 atom stereocenters. The molecule has 1 saturated heterocycles. The van der Waals surface area contributed by atoms with Crippen LogP contribution in [0.1, 0.15) is 11.4 Å². The van der Waals surface area contributed by atoms with Gasteiger partial charge in [0, 0.05) is 12.7 Å². The summed E-state index contributed by atoms with van der Waals surface area (Å²) in [7, 11) is 1.95. The first-order valence-electron chi connectivity index (χ1n) is 8.41. The van der Waals surface area contributed by atoms with Crippen LogP contribution in [0.2, 0.25) is 0 Å². The van der Waals surface area contributed by atoms with Crippen LogP contribution in [0, 0.1) is 6.92 Å². The normalized spacial score (nSPS) is 15.3. The number of hydrogen-bond donors (Lipinski definition) is 2. The minimum absolute atomic E-state index is 0.0426. The Bertz CT molecular complexity index is 728. The van der Waals surface area contributed by atoms with Crippen molar-refractivity contribution in [1.82, 2.24) is 14.8 Å². The number of benzene rings is 1. The van der Waals surface area contributed by atoms with Gasteiger partial charge < -0.3 is 19.5 Å². The summed E-state index contributed by atoms with van der Waals surface area (Å²) in [4.78, 5) is 13.6. The third-order valence-electron chi connectivity index (χ3n) is 4.17. The highest BCUT2D eigenvalue weighted by molar-refractivity contribution is 7.99. The van der Waals surface area contributed by atoms with Crippen LogP contribution in [0.3, 0.4) is 0 Å². The highest BCUT2D eigenvalue weighted by Crippen LogP contribution is 2.16. The summed E-state index contributed by atoms with van der Waals surface area (Å²) < 4.78 is 7.36. The number of nitrogens with one attached hydrogen (secondary N) is 2. The van der Waals surface area contributed by atoms with E-state index < -0.39 is 0 Å². The number of carbonyl (C=O) groups excluding carboxylic acids is 1. The Kier molecular flexibility index (Phi) is 6.06. The van der Waals surface area contributed by atoms with Crippen LogP contribution in [0.5, 0.6) is 0 Å². The van der Waals surface area contributed by atoms with E-state index in [0.717, 1.165) is 55.1 Å². The summed E-state index contributed by atoms with van der Waals surface area (Å²) in [5.41, 5.74) is 1.94. The molecule has 0 bridgehead atoms. The van der Waals surface area contributed by atoms with Crippen molar-refractivity contribution in [2.75, 3.05) is 37.4 Å². The fraction of sp³-hybridized carbons (Fsp3) is 0.471. The van der Waals surface area contributed by atoms with E-state index in [0.29, 0.717) is 5.75 Å². The lowest BCUT2D eigenvalue weighted by atomic mass is 10.2. The van der Waals surface area contributed by atoms with Gasteiger partial charge in [0.15, 0.2) is 11.0 Å². The molecule has 2 aromatic rings. The quantitative estimate of drug-likeness (QED) is 0.722. The highest BCUT2D eigenvalue weighted by atomic mass is 32.2. The topological polar surface area (TPSA) is 73.5 Å². The molecule has 1 aromatic heterocycles. The predicted octanol–water partition coefficient (Wildman–Crippen LogP) is 0.269. The van der Waals surface area contributed by atoms with Crippen molar-refractivity contribution in [3.05, 3.63) is 35.7 Å². The number of carbonyl (C=O) groups is 1. The van der Waals surface area contributed by atoms with Crippen LogP contribution in [-0.2, 0) is 23.1 Å². The lowest BCUT2D eigenvalue weighted by Crippen LogP contribution is -3.12. The molecule has 25 heavy (non-hydrogen) atoms. The SMILES string of the molecule is Cc1cccc(NC(=O)CSc2nnc(C[NH+]3CCOCC3)n2C)c1. The number of thioether (sulfide) groups is 1. The van der Waals surface area contributed by atoms with Gasteiger partial charge in [-0.25, -0.2) is 0 Å². The zero-order chi connectivity index (χ0) is 17.6. The van der Waals surface area contributed by atoms with Gasteiger partial charge in [-0.15, -0.1) is 10.2 Å². The number of anilines is 1. The first-order chi connectivity index (χ1) is 12.1. The average molecular weight is 362 g/mol. The second-order valence-electron chi connectivity index (χ2n) is 6.20. The third kappa shape index (κ3) is 5.04. The summed E-state index contributed by atoms with van der Waals surface area (Å²) in [5, 5.41) is 12.2. The van der Waals surface area contributed by atoms with Crippen molar-refractivity contribution in [2.45, 2.75) is 18.6 Å². The molecule has 7 nitrogen and oxygen atoms in total. The molecular weight excluding hydrogens is 338 g/mol. The van der Waals surface area contributed by atoms with E-state index in [2.05, 4.69) is 15.5 Å². The van der Waals surface area contributed by atoms with E-state index in [1.165, 1.54) is 16.7 Å². The fourth-order valence-corrected chi connectivity index (χ4v) is 3.47. The number of aryl methyl sites for hydroxylation is 1. The lowest BCUT2D eigenvalue weighted by Gasteiger charge is -2.23. The number of ether oxygens (including phenoxy) is 1. The molecule has 1 aliphatic heterocycles. The van der Waals surface area contributed by atoms with Gasteiger partial charge in [0.1, 0.15) is 19.6 Å². The van der Waals surface area contributed by atoms with Crippen LogP contribution >= 0.6 is 11.8 Å². The van der Waals surface area contributed by atoms with Crippen molar-refractivity contribution in [1.29, 1.82) is 0 Å². The molecule has 0 radical (unpaired) electrons. The van der Waals surface area contributed by atoms with Gasteiger partial charge in [-0.1, -0.05) is 23.9 Å². The molecular formula is C17H24N5O2S+. The van der Waals surface area contributed by atoms with Gasteiger partial charge in [0.2, 0.25) is 5.91 Å². The molecule has 3 rings (SSSR count). The van der Waals surface area contributed by atoms with Crippen LogP contribution in [0.15, 0.2) is 29.4 Å². The Hall–Kier alpha value is -1.90. The van der Waals surface area contributed by atoms with Crippen LogP contribution < -0.4 is 10.2 Å². The van der Waals surface area contributed by atoms with Crippen molar-refractivity contribution < 1.29 is 14.4 Å². The van der Waals surface area contributed by atoms with Crippen molar-refractivity contribution in [2.24, 2.45) is 7.05 Å². The Morgan fingerprint density at radius 3 is 2.92 bits per heavy atom. The molecule has 1 amide bonds. The van der Waals surface area contributed by atoms with Gasteiger partial charge in [0.25, 0.3) is 0 Å². The summed E-state index contributed by atoms with van der Waals surface area (Å²) in [6, 6.07) is 7.78. The third-order valence-corrected chi connectivity index (χ3v) is 5.19. The second-order valence-corrected chi connectivity index (χ2v) is 7.15. The molecule has 2 N–H and O–H groups in total. The maximum absolute atomic E-state index is 12.1. The molecule has 0 aliphatic carbocycles. The summed E-state index contributed by atoms with van der Waals surface area (Å²) >= 11 is 1.40. The van der Waals surface area contributed by atoms with E-state index >= 15 is 0 Å². The molecule has 0 unspecified atom stereocenters. The Balaban J connectivity index is 1.52. The van der Waals surface area contributed by atoms with Crippen molar-refractivity contribution in [3.63, 3.8) is 0 Å². The predicted molar refractivity (Wildman–Crippen MR) is 96.8 cm³/mol. The Morgan fingerprint density at radius 2 is 2.16 bits per heavy atom. The number of nitrogens with zero attached hydrogens (tertiary/aromatic N) is 3.